The number of nitrogens with zero attached hydrogens (tertiary/aromatic N) is 1. The highest BCUT2D eigenvalue weighted by atomic mass is 16.3. The molecule has 0 unspecified atom stereocenters. The summed E-state index contributed by atoms with van der Waals surface area (Å²) in [5.41, 5.74) is 2.83. The van der Waals surface area contributed by atoms with Crippen LogP contribution in [-0.2, 0) is 0 Å². The van der Waals surface area contributed by atoms with E-state index >= 15 is 0 Å². The van der Waals surface area contributed by atoms with Crippen LogP contribution in [-0.4, -0.2) is 4.98 Å². The number of nitriles is 1. The minimum atomic E-state index is -0.365. The number of benzene rings is 1. The summed E-state index contributed by atoms with van der Waals surface area (Å²) in [6.07, 6.45) is 1.61. The first-order valence-electron chi connectivity index (χ1n) is 6.47. The highest BCUT2D eigenvalue weighted by molar-refractivity contribution is 5.74. The largest absolute Gasteiger partial charge is 0.464 e. The molecule has 0 amide bonds. The first-order chi connectivity index (χ1) is 10.2. The monoisotopic (exact) mass is 276 g/mol. The third-order valence-electron chi connectivity index (χ3n) is 3.26. The van der Waals surface area contributed by atoms with Gasteiger partial charge in [0.15, 0.2) is 0 Å². The molecule has 0 aliphatic carbocycles. The summed E-state index contributed by atoms with van der Waals surface area (Å²) < 4.78 is 5.38. The minimum absolute atomic E-state index is 0.122. The number of hydrogen-bond acceptors (Lipinski definition) is 3. The van der Waals surface area contributed by atoms with Gasteiger partial charge in [0.1, 0.15) is 17.4 Å². The summed E-state index contributed by atoms with van der Waals surface area (Å²) in [4.78, 5) is 14.5. The summed E-state index contributed by atoms with van der Waals surface area (Å²) in [7, 11) is 0. The van der Waals surface area contributed by atoms with Crippen LogP contribution < -0.4 is 5.56 Å². The van der Waals surface area contributed by atoms with Crippen molar-refractivity contribution in [2.75, 3.05) is 0 Å². The Kier molecular flexibility index (Phi) is 3.17. The lowest BCUT2D eigenvalue weighted by Gasteiger charge is -2.07. The van der Waals surface area contributed by atoms with Crippen LogP contribution in [0.15, 0.2) is 57.9 Å². The predicted molar refractivity (Wildman–Crippen MR) is 79.7 cm³/mol. The number of H-pyrrole nitrogens is 1. The van der Waals surface area contributed by atoms with E-state index in [9.17, 15) is 10.1 Å². The predicted octanol–water partition coefficient (Wildman–Crippen LogP) is 3.48. The van der Waals surface area contributed by atoms with E-state index in [0.717, 1.165) is 22.6 Å². The van der Waals surface area contributed by atoms with Crippen molar-refractivity contribution >= 4 is 0 Å². The van der Waals surface area contributed by atoms with E-state index in [1.165, 1.54) is 0 Å². The van der Waals surface area contributed by atoms with E-state index in [4.69, 9.17) is 4.42 Å². The van der Waals surface area contributed by atoms with Crippen LogP contribution in [0.3, 0.4) is 0 Å². The number of hydrogen-bond donors (Lipinski definition) is 1. The van der Waals surface area contributed by atoms with Crippen LogP contribution in [0, 0.1) is 18.3 Å². The van der Waals surface area contributed by atoms with Crippen molar-refractivity contribution in [3.05, 3.63) is 70.3 Å². The standard InChI is InChI=1S/C17H12N2O2/c1-11-8-14(15(10-18)17(20)19-11)12-4-2-5-13(9-12)16-6-3-7-21-16/h2-9H,1H3,(H,19,20). The van der Waals surface area contributed by atoms with E-state index < -0.39 is 0 Å². The first kappa shape index (κ1) is 12.9. The molecule has 0 bridgehead atoms. The van der Waals surface area contributed by atoms with Crippen molar-refractivity contribution in [1.82, 2.24) is 4.98 Å². The fraction of sp³-hybridized carbons (Fsp3) is 0.0588. The first-order valence-corrected chi connectivity index (χ1v) is 6.47. The van der Waals surface area contributed by atoms with Crippen molar-refractivity contribution in [3.63, 3.8) is 0 Å². The van der Waals surface area contributed by atoms with Gasteiger partial charge in [-0.05, 0) is 36.8 Å². The molecular formula is C17H12N2O2. The second-order valence-electron chi connectivity index (χ2n) is 4.74. The zero-order chi connectivity index (χ0) is 14.8. The van der Waals surface area contributed by atoms with Gasteiger partial charge in [0.05, 0.1) is 6.26 Å². The van der Waals surface area contributed by atoms with Crippen molar-refractivity contribution in [1.29, 1.82) is 5.26 Å². The molecule has 2 heterocycles. The Morgan fingerprint density at radius 3 is 2.67 bits per heavy atom. The van der Waals surface area contributed by atoms with E-state index in [1.54, 1.807) is 19.3 Å². The molecule has 2 aromatic heterocycles. The number of aromatic nitrogens is 1. The van der Waals surface area contributed by atoms with Gasteiger partial charge >= 0.3 is 0 Å². The van der Waals surface area contributed by atoms with Crippen molar-refractivity contribution in [2.45, 2.75) is 6.92 Å². The Labute approximate surface area is 121 Å². The molecule has 4 nitrogen and oxygen atoms in total. The SMILES string of the molecule is Cc1cc(-c2cccc(-c3ccco3)c2)c(C#N)c(=O)[nH]1. The lowest BCUT2D eigenvalue weighted by molar-refractivity contribution is 0.582. The van der Waals surface area contributed by atoms with Gasteiger partial charge in [-0.25, -0.2) is 0 Å². The molecule has 1 N–H and O–H groups in total. The molecule has 0 saturated carbocycles. The maximum atomic E-state index is 11.9. The minimum Gasteiger partial charge on any atom is -0.464 e. The van der Waals surface area contributed by atoms with E-state index in [0.29, 0.717) is 5.56 Å². The Morgan fingerprint density at radius 1 is 1.14 bits per heavy atom. The van der Waals surface area contributed by atoms with Gasteiger partial charge < -0.3 is 9.40 Å². The highest BCUT2D eigenvalue weighted by Gasteiger charge is 2.11. The van der Waals surface area contributed by atoms with Crippen molar-refractivity contribution in [3.8, 4) is 28.5 Å². The average Bonchev–Trinajstić information content (AvgIpc) is 3.01. The quantitative estimate of drug-likeness (QED) is 0.779. The normalized spacial score (nSPS) is 10.3. The molecule has 0 radical (unpaired) electrons. The summed E-state index contributed by atoms with van der Waals surface area (Å²) in [6, 6.07) is 15.1. The van der Waals surface area contributed by atoms with Crippen molar-refractivity contribution in [2.24, 2.45) is 0 Å². The molecule has 0 aliphatic rings. The van der Waals surface area contributed by atoms with Crippen LogP contribution >= 0.6 is 0 Å². The molecule has 0 saturated heterocycles. The molecule has 0 atom stereocenters. The number of aryl methyl sites for hydroxylation is 1. The average molecular weight is 276 g/mol. The fourth-order valence-electron chi connectivity index (χ4n) is 2.31. The fourth-order valence-corrected chi connectivity index (χ4v) is 2.31. The zero-order valence-corrected chi connectivity index (χ0v) is 11.4. The maximum absolute atomic E-state index is 11.9. The van der Waals surface area contributed by atoms with Crippen LogP contribution in [0.4, 0.5) is 0 Å². The van der Waals surface area contributed by atoms with Gasteiger partial charge in [-0.15, -0.1) is 0 Å². The number of rotatable bonds is 2. The maximum Gasteiger partial charge on any atom is 0.266 e. The molecule has 21 heavy (non-hydrogen) atoms. The zero-order valence-electron chi connectivity index (χ0n) is 11.4. The third-order valence-corrected chi connectivity index (χ3v) is 3.26. The lowest BCUT2D eigenvalue weighted by atomic mass is 9.98. The molecule has 0 fully saturated rings. The summed E-state index contributed by atoms with van der Waals surface area (Å²) in [5, 5.41) is 9.22. The van der Waals surface area contributed by atoms with Crippen LogP contribution in [0.25, 0.3) is 22.5 Å². The van der Waals surface area contributed by atoms with E-state index in [1.807, 2.05) is 42.5 Å². The molecule has 102 valence electrons. The van der Waals surface area contributed by atoms with E-state index in [-0.39, 0.29) is 11.1 Å². The molecule has 4 heteroatoms. The Bertz CT molecular complexity index is 884. The smallest absolute Gasteiger partial charge is 0.266 e. The van der Waals surface area contributed by atoms with Gasteiger partial charge in [-0.3, -0.25) is 4.79 Å². The summed E-state index contributed by atoms with van der Waals surface area (Å²) in [6.45, 7) is 1.79. The Hall–Kier alpha value is -3.06. The molecular weight excluding hydrogens is 264 g/mol. The van der Waals surface area contributed by atoms with Crippen LogP contribution in [0.5, 0.6) is 0 Å². The second kappa shape index (κ2) is 5.14. The Balaban J connectivity index is 2.21. The third kappa shape index (κ3) is 2.37. The molecule has 0 spiro atoms. The lowest BCUT2D eigenvalue weighted by Crippen LogP contribution is -2.12. The molecule has 3 aromatic rings. The number of furan rings is 1. The topological polar surface area (TPSA) is 69.8 Å². The van der Waals surface area contributed by atoms with Crippen molar-refractivity contribution < 1.29 is 4.42 Å². The van der Waals surface area contributed by atoms with Gasteiger partial charge in [0.25, 0.3) is 5.56 Å². The summed E-state index contributed by atoms with van der Waals surface area (Å²) in [5.74, 6) is 0.747. The molecule has 0 aliphatic heterocycles. The van der Waals surface area contributed by atoms with Crippen LogP contribution in [0.1, 0.15) is 11.3 Å². The molecule has 3 rings (SSSR count). The number of aromatic amines is 1. The van der Waals surface area contributed by atoms with Crippen LogP contribution in [0.2, 0.25) is 0 Å². The van der Waals surface area contributed by atoms with Gasteiger partial charge in [0.2, 0.25) is 0 Å². The Morgan fingerprint density at radius 2 is 1.95 bits per heavy atom. The molecule has 1 aromatic carbocycles. The van der Waals surface area contributed by atoms with Gasteiger partial charge in [0, 0.05) is 16.8 Å². The number of pyridine rings is 1. The van der Waals surface area contributed by atoms with E-state index in [2.05, 4.69) is 4.98 Å². The summed E-state index contributed by atoms with van der Waals surface area (Å²) >= 11 is 0. The van der Waals surface area contributed by atoms with Gasteiger partial charge in [-0.1, -0.05) is 18.2 Å². The number of nitrogens with one attached hydrogen (secondary N) is 1. The van der Waals surface area contributed by atoms with Gasteiger partial charge in [-0.2, -0.15) is 5.26 Å². The highest BCUT2D eigenvalue weighted by Crippen LogP contribution is 2.27. The second-order valence-corrected chi connectivity index (χ2v) is 4.74.